The third-order valence-electron chi connectivity index (χ3n) is 7.75. The molecule has 200 valence electrons. The number of carbonyl (C=O) groups is 3. The molecule has 3 saturated heterocycles. The third kappa shape index (κ3) is 4.60. The lowest BCUT2D eigenvalue weighted by atomic mass is 9.70. The van der Waals surface area contributed by atoms with Gasteiger partial charge in [-0.05, 0) is 37.8 Å². The summed E-state index contributed by atoms with van der Waals surface area (Å²) in [5.74, 6) is -2.13. The van der Waals surface area contributed by atoms with Crippen molar-refractivity contribution in [2.45, 2.75) is 50.4 Å². The fourth-order valence-electron chi connectivity index (χ4n) is 6.38. The van der Waals surface area contributed by atoms with Gasteiger partial charge in [0, 0.05) is 32.8 Å². The molecule has 1 N–H and O–H groups in total. The van der Waals surface area contributed by atoms with Crippen molar-refractivity contribution in [1.29, 1.82) is 0 Å². The lowest BCUT2D eigenvalue weighted by molar-refractivity contribution is -0.145. The van der Waals surface area contributed by atoms with E-state index in [1.807, 2.05) is 6.92 Å². The zero-order chi connectivity index (χ0) is 26.7. The first-order chi connectivity index (χ1) is 17.9. The Hall–Kier alpha value is -2.68. The zero-order valence-electron chi connectivity index (χ0n) is 21.4. The number of ether oxygens (including phenoxy) is 1. The molecule has 1 aromatic carbocycles. The second-order valence-corrected chi connectivity index (χ2v) is 10.3. The largest absolute Gasteiger partial charge is 0.396 e. The number of likely N-dealkylation sites (tertiary alicyclic amines) is 1. The van der Waals surface area contributed by atoms with E-state index in [9.17, 15) is 19.5 Å². The van der Waals surface area contributed by atoms with E-state index in [0.29, 0.717) is 43.1 Å². The predicted molar refractivity (Wildman–Crippen MR) is 142 cm³/mol. The summed E-state index contributed by atoms with van der Waals surface area (Å²) in [6, 6.07) is 6.11. The van der Waals surface area contributed by atoms with Crippen LogP contribution in [0.4, 0.5) is 5.69 Å². The van der Waals surface area contributed by atoms with E-state index in [-0.39, 0.29) is 37.4 Å². The van der Waals surface area contributed by atoms with Gasteiger partial charge in [0.25, 0.3) is 5.91 Å². The molecule has 5 atom stereocenters. The van der Waals surface area contributed by atoms with Crippen LogP contribution in [-0.4, -0.2) is 83.2 Å². The Labute approximate surface area is 223 Å². The van der Waals surface area contributed by atoms with Crippen LogP contribution in [0, 0.1) is 11.8 Å². The van der Waals surface area contributed by atoms with Crippen molar-refractivity contribution < 1.29 is 24.2 Å². The Morgan fingerprint density at radius 2 is 1.97 bits per heavy atom. The number of aliphatic hydroxyl groups excluding tert-OH is 1. The molecule has 0 aliphatic carbocycles. The van der Waals surface area contributed by atoms with Gasteiger partial charge >= 0.3 is 0 Å². The number of hydrogen-bond donors (Lipinski definition) is 1. The molecule has 4 rings (SSSR count). The molecule has 3 aliphatic heterocycles. The summed E-state index contributed by atoms with van der Waals surface area (Å²) in [5, 5.41) is 9.95. The minimum absolute atomic E-state index is 0.126. The van der Waals surface area contributed by atoms with E-state index in [4.69, 9.17) is 16.3 Å². The van der Waals surface area contributed by atoms with Crippen molar-refractivity contribution in [3.8, 4) is 0 Å². The summed E-state index contributed by atoms with van der Waals surface area (Å²) in [6.45, 7) is 10.8. The number of rotatable bonds is 12. The molecular weight excluding hydrogens is 494 g/mol. The average molecular weight is 530 g/mol. The molecule has 3 amide bonds. The summed E-state index contributed by atoms with van der Waals surface area (Å²) in [5.41, 5.74) is -0.592. The first-order valence-electron chi connectivity index (χ1n) is 13.0. The number of para-hydroxylation sites is 1. The van der Waals surface area contributed by atoms with Crippen LogP contribution in [0.3, 0.4) is 0 Å². The molecule has 1 spiro atoms. The first-order valence-corrected chi connectivity index (χ1v) is 13.4. The molecule has 8 nitrogen and oxygen atoms in total. The standard InChI is InChI=1S/C28H36ClN3O5/c1-4-14-30(15-5-2)25(34)22-21-12-13-28(37-21)23(22)26(35)32(17-9-18-33)24(28)27(36)31(16-6-3)20-11-8-7-10-19(20)29/h4,6-8,10-11,21-24,33H,1,3,5,9,12-18H2,2H3/t21-,22+,23+,24?,28?/m1/s1. The lowest BCUT2D eigenvalue weighted by Crippen LogP contribution is -2.56. The second kappa shape index (κ2) is 11.4. The molecule has 9 heteroatoms. The van der Waals surface area contributed by atoms with Crippen LogP contribution in [0.15, 0.2) is 49.6 Å². The van der Waals surface area contributed by atoms with Gasteiger partial charge in [0.1, 0.15) is 11.6 Å². The monoisotopic (exact) mass is 529 g/mol. The van der Waals surface area contributed by atoms with Gasteiger partial charge in [-0.3, -0.25) is 14.4 Å². The van der Waals surface area contributed by atoms with Crippen molar-refractivity contribution in [2.75, 3.05) is 37.7 Å². The molecule has 37 heavy (non-hydrogen) atoms. The summed E-state index contributed by atoms with van der Waals surface area (Å²) < 4.78 is 6.53. The number of amides is 3. The minimum atomic E-state index is -1.11. The van der Waals surface area contributed by atoms with Crippen LogP contribution in [0.2, 0.25) is 5.02 Å². The number of aliphatic hydroxyl groups is 1. The SMILES string of the molecule is C=CCN(CCC)C(=O)[C@@H]1[C@H]2C(=O)N(CCCO)C(C(=O)N(CC=C)c3ccccc3Cl)C23CC[C@H]1O3. The average Bonchev–Trinajstić information content (AvgIpc) is 3.53. The van der Waals surface area contributed by atoms with E-state index in [0.717, 1.165) is 6.42 Å². The number of halogens is 1. The van der Waals surface area contributed by atoms with Crippen LogP contribution >= 0.6 is 11.6 Å². The number of benzene rings is 1. The normalized spacial score (nSPS) is 27.8. The highest BCUT2D eigenvalue weighted by molar-refractivity contribution is 6.34. The maximum atomic E-state index is 14.3. The topological polar surface area (TPSA) is 90.4 Å². The van der Waals surface area contributed by atoms with Gasteiger partial charge in [-0.2, -0.15) is 0 Å². The van der Waals surface area contributed by atoms with Gasteiger partial charge in [0.05, 0.1) is 28.6 Å². The van der Waals surface area contributed by atoms with Crippen molar-refractivity contribution in [1.82, 2.24) is 9.80 Å². The van der Waals surface area contributed by atoms with Gasteiger partial charge in [0.2, 0.25) is 11.8 Å². The van der Waals surface area contributed by atoms with Crippen molar-refractivity contribution in [3.05, 3.63) is 54.6 Å². The smallest absolute Gasteiger partial charge is 0.253 e. The number of anilines is 1. The van der Waals surface area contributed by atoms with Crippen LogP contribution in [0.1, 0.15) is 32.6 Å². The van der Waals surface area contributed by atoms with E-state index >= 15 is 0 Å². The van der Waals surface area contributed by atoms with Gasteiger partial charge in [-0.1, -0.05) is 42.8 Å². The highest BCUT2D eigenvalue weighted by Gasteiger charge is 2.74. The van der Waals surface area contributed by atoms with E-state index in [1.165, 1.54) is 9.80 Å². The van der Waals surface area contributed by atoms with Crippen LogP contribution in [0.5, 0.6) is 0 Å². The van der Waals surface area contributed by atoms with Crippen LogP contribution in [0.25, 0.3) is 0 Å². The van der Waals surface area contributed by atoms with Gasteiger partial charge < -0.3 is 24.5 Å². The number of carbonyl (C=O) groups excluding carboxylic acids is 3. The van der Waals surface area contributed by atoms with Crippen molar-refractivity contribution in [2.24, 2.45) is 11.8 Å². The van der Waals surface area contributed by atoms with Crippen molar-refractivity contribution >= 4 is 35.0 Å². The summed E-state index contributed by atoms with van der Waals surface area (Å²) in [6.07, 6.45) is 5.07. The fraction of sp³-hybridized carbons (Fsp3) is 0.536. The molecule has 3 fully saturated rings. The quantitative estimate of drug-likeness (QED) is 0.420. The zero-order valence-corrected chi connectivity index (χ0v) is 22.1. The van der Waals surface area contributed by atoms with Gasteiger partial charge in [-0.15, -0.1) is 13.2 Å². The van der Waals surface area contributed by atoms with Crippen LogP contribution < -0.4 is 4.90 Å². The van der Waals surface area contributed by atoms with Gasteiger partial charge in [0.15, 0.2) is 0 Å². The molecule has 0 aromatic heterocycles. The number of nitrogens with zero attached hydrogens (tertiary/aromatic N) is 3. The van der Waals surface area contributed by atoms with Crippen LogP contribution in [-0.2, 0) is 19.1 Å². The Kier molecular flexibility index (Phi) is 8.41. The van der Waals surface area contributed by atoms with E-state index in [2.05, 4.69) is 13.2 Å². The second-order valence-electron chi connectivity index (χ2n) is 9.93. The number of hydrogen-bond acceptors (Lipinski definition) is 5. The van der Waals surface area contributed by atoms with E-state index in [1.54, 1.807) is 41.3 Å². The fourth-order valence-corrected chi connectivity index (χ4v) is 6.62. The van der Waals surface area contributed by atoms with Crippen molar-refractivity contribution in [3.63, 3.8) is 0 Å². The number of fused-ring (bicyclic) bond motifs is 1. The summed E-state index contributed by atoms with van der Waals surface area (Å²) in [4.78, 5) is 46.8. The predicted octanol–water partition coefficient (Wildman–Crippen LogP) is 3.04. The van der Waals surface area contributed by atoms with Gasteiger partial charge in [-0.25, -0.2) is 0 Å². The molecule has 2 bridgehead atoms. The Bertz CT molecular complexity index is 1060. The molecule has 0 saturated carbocycles. The Morgan fingerprint density at radius 3 is 2.62 bits per heavy atom. The summed E-state index contributed by atoms with van der Waals surface area (Å²) >= 11 is 6.47. The minimum Gasteiger partial charge on any atom is -0.396 e. The molecular formula is C28H36ClN3O5. The molecule has 3 aliphatic rings. The molecule has 0 radical (unpaired) electrons. The highest BCUT2D eigenvalue weighted by atomic mass is 35.5. The first kappa shape index (κ1) is 27.4. The maximum absolute atomic E-state index is 14.3. The Morgan fingerprint density at radius 1 is 1.24 bits per heavy atom. The molecule has 2 unspecified atom stereocenters. The lowest BCUT2D eigenvalue weighted by Gasteiger charge is -2.37. The third-order valence-corrected chi connectivity index (χ3v) is 8.07. The molecule has 1 aromatic rings. The molecule has 3 heterocycles. The maximum Gasteiger partial charge on any atom is 0.253 e. The summed E-state index contributed by atoms with van der Waals surface area (Å²) in [7, 11) is 0. The highest BCUT2D eigenvalue weighted by Crippen LogP contribution is 2.59. The Balaban J connectivity index is 1.76. The van der Waals surface area contributed by atoms with E-state index < -0.39 is 29.6 Å².